The fraction of sp³-hybridized carbons (Fsp3) is 0.133. The van der Waals surface area contributed by atoms with E-state index < -0.39 is 10.7 Å². The molecule has 0 aromatic heterocycles. The lowest BCUT2D eigenvalue weighted by Gasteiger charge is -2.14. The number of nitro groups is 1. The number of nitro benzene ring substituents is 1. The van der Waals surface area contributed by atoms with Gasteiger partial charge < -0.3 is 5.32 Å². The fourth-order valence-corrected chi connectivity index (χ4v) is 2.07. The van der Waals surface area contributed by atoms with E-state index >= 15 is 0 Å². The number of hydrogen-bond acceptors (Lipinski definition) is 3. The number of non-ortho nitro benzene ring substituents is 1. The monoisotopic (exact) mass is 322 g/mol. The molecule has 7 heteroatoms. The molecule has 1 N–H and O–H groups in total. The first-order valence-electron chi connectivity index (χ1n) is 6.38. The second-order valence-corrected chi connectivity index (χ2v) is 5.08. The highest BCUT2D eigenvalue weighted by Gasteiger charge is 2.14. The Hall–Kier alpha value is -2.47. The van der Waals surface area contributed by atoms with Crippen molar-refractivity contribution in [3.63, 3.8) is 0 Å². The molecule has 0 aliphatic rings. The number of nitrogens with zero attached hydrogens (tertiary/aromatic N) is 1. The molecule has 114 valence electrons. The molecule has 1 amide bonds. The Kier molecular flexibility index (Phi) is 4.72. The smallest absolute Gasteiger partial charge is 0.269 e. The Morgan fingerprint density at radius 3 is 2.45 bits per heavy atom. The Bertz CT molecular complexity index is 719. The minimum Gasteiger partial charge on any atom is -0.346 e. The van der Waals surface area contributed by atoms with E-state index in [1.54, 1.807) is 6.92 Å². The van der Waals surface area contributed by atoms with Gasteiger partial charge in [-0.15, -0.1) is 0 Å². The fourth-order valence-electron chi connectivity index (χ4n) is 1.88. The quantitative estimate of drug-likeness (QED) is 0.686. The maximum absolute atomic E-state index is 13.1. The summed E-state index contributed by atoms with van der Waals surface area (Å²) < 4.78 is 13.1. The number of nitrogens with one attached hydrogen (secondary N) is 1. The molecular formula is C15H12ClFN2O3. The van der Waals surface area contributed by atoms with Gasteiger partial charge in [0, 0.05) is 17.7 Å². The molecule has 1 atom stereocenters. The second kappa shape index (κ2) is 6.53. The van der Waals surface area contributed by atoms with E-state index in [2.05, 4.69) is 5.32 Å². The van der Waals surface area contributed by atoms with Crippen molar-refractivity contribution < 1.29 is 14.1 Å². The van der Waals surface area contributed by atoms with Crippen LogP contribution in [0.4, 0.5) is 10.1 Å². The first-order chi connectivity index (χ1) is 10.4. The molecule has 2 aromatic carbocycles. The minimum absolute atomic E-state index is 0.0195. The SMILES string of the molecule is CC(NC(=O)c1ccc([N+](=O)[O-])cc1)c1ccc(F)c(Cl)c1. The Morgan fingerprint density at radius 1 is 1.27 bits per heavy atom. The van der Waals surface area contributed by atoms with Crippen molar-refractivity contribution in [2.75, 3.05) is 0 Å². The van der Waals surface area contributed by atoms with E-state index in [-0.39, 0.29) is 22.7 Å². The number of amides is 1. The van der Waals surface area contributed by atoms with Crippen molar-refractivity contribution in [3.8, 4) is 0 Å². The molecule has 0 aliphatic carbocycles. The number of carbonyl (C=O) groups excluding carboxylic acids is 1. The molecule has 2 aromatic rings. The van der Waals surface area contributed by atoms with Gasteiger partial charge in [-0.3, -0.25) is 14.9 Å². The average molecular weight is 323 g/mol. The molecule has 0 radical (unpaired) electrons. The number of rotatable bonds is 4. The van der Waals surface area contributed by atoms with Crippen LogP contribution in [0, 0.1) is 15.9 Å². The molecule has 0 aliphatic heterocycles. The summed E-state index contributed by atoms with van der Waals surface area (Å²) >= 11 is 5.71. The van der Waals surface area contributed by atoms with Gasteiger partial charge in [-0.2, -0.15) is 0 Å². The van der Waals surface area contributed by atoms with Gasteiger partial charge in [0.05, 0.1) is 16.0 Å². The van der Waals surface area contributed by atoms with Gasteiger partial charge in [-0.05, 0) is 36.8 Å². The van der Waals surface area contributed by atoms with Crippen LogP contribution < -0.4 is 5.32 Å². The maximum atomic E-state index is 13.1. The first-order valence-corrected chi connectivity index (χ1v) is 6.76. The molecule has 0 saturated heterocycles. The second-order valence-electron chi connectivity index (χ2n) is 4.67. The minimum atomic E-state index is -0.537. The van der Waals surface area contributed by atoms with Gasteiger partial charge in [-0.1, -0.05) is 17.7 Å². The van der Waals surface area contributed by atoms with Crippen molar-refractivity contribution in [3.05, 3.63) is 74.5 Å². The zero-order valence-electron chi connectivity index (χ0n) is 11.5. The van der Waals surface area contributed by atoms with Crippen molar-refractivity contribution in [1.29, 1.82) is 0 Å². The number of carbonyl (C=O) groups is 1. The summed E-state index contributed by atoms with van der Waals surface area (Å²) in [7, 11) is 0. The third-order valence-corrected chi connectivity index (χ3v) is 3.42. The zero-order chi connectivity index (χ0) is 16.3. The highest BCUT2D eigenvalue weighted by Crippen LogP contribution is 2.21. The van der Waals surface area contributed by atoms with Gasteiger partial charge >= 0.3 is 0 Å². The maximum Gasteiger partial charge on any atom is 0.269 e. The van der Waals surface area contributed by atoms with Crippen LogP contribution in [0.15, 0.2) is 42.5 Å². The van der Waals surface area contributed by atoms with Crippen LogP contribution in [0.25, 0.3) is 0 Å². The van der Waals surface area contributed by atoms with Crippen LogP contribution in [0.5, 0.6) is 0 Å². The van der Waals surface area contributed by atoms with E-state index in [1.807, 2.05) is 0 Å². The summed E-state index contributed by atoms with van der Waals surface area (Å²) in [5, 5.41) is 13.3. The summed E-state index contributed by atoms with van der Waals surface area (Å²) in [6, 6.07) is 9.07. The van der Waals surface area contributed by atoms with Crippen molar-refractivity contribution >= 4 is 23.2 Å². The predicted molar refractivity (Wildman–Crippen MR) is 80.4 cm³/mol. The summed E-state index contributed by atoms with van der Waals surface area (Å²) in [5.41, 5.74) is 0.863. The molecule has 0 heterocycles. The Morgan fingerprint density at radius 2 is 1.91 bits per heavy atom. The highest BCUT2D eigenvalue weighted by atomic mass is 35.5. The van der Waals surface area contributed by atoms with E-state index in [4.69, 9.17) is 11.6 Å². The normalized spacial score (nSPS) is 11.8. The van der Waals surface area contributed by atoms with Crippen molar-refractivity contribution in [1.82, 2.24) is 5.32 Å². The predicted octanol–water partition coefficient (Wildman–Crippen LogP) is 3.88. The number of halogens is 2. The molecule has 0 fully saturated rings. The molecule has 22 heavy (non-hydrogen) atoms. The van der Waals surface area contributed by atoms with E-state index in [1.165, 1.54) is 42.5 Å². The average Bonchev–Trinajstić information content (AvgIpc) is 2.50. The molecule has 1 unspecified atom stereocenters. The molecule has 0 spiro atoms. The third-order valence-electron chi connectivity index (χ3n) is 3.13. The Balaban J connectivity index is 2.10. The van der Waals surface area contributed by atoms with Gasteiger partial charge in [0.1, 0.15) is 5.82 Å². The lowest BCUT2D eigenvalue weighted by atomic mass is 10.1. The summed E-state index contributed by atoms with van der Waals surface area (Å²) in [5.74, 6) is -0.915. The topological polar surface area (TPSA) is 72.2 Å². The van der Waals surface area contributed by atoms with Crippen LogP contribution in [0.2, 0.25) is 5.02 Å². The van der Waals surface area contributed by atoms with Crippen molar-refractivity contribution in [2.24, 2.45) is 0 Å². The largest absolute Gasteiger partial charge is 0.346 e. The lowest BCUT2D eigenvalue weighted by Crippen LogP contribution is -2.26. The van der Waals surface area contributed by atoms with Crippen molar-refractivity contribution in [2.45, 2.75) is 13.0 Å². The summed E-state index contributed by atoms with van der Waals surface area (Å²) in [6.45, 7) is 1.73. The molecule has 0 saturated carbocycles. The number of benzene rings is 2. The standard InChI is InChI=1S/C15H12ClFN2O3/c1-9(11-4-7-14(17)13(16)8-11)18-15(20)10-2-5-12(6-3-10)19(21)22/h2-9H,1H3,(H,18,20). The van der Waals surface area contributed by atoms with Crippen LogP contribution in [-0.2, 0) is 0 Å². The molecule has 0 bridgehead atoms. The highest BCUT2D eigenvalue weighted by molar-refractivity contribution is 6.30. The van der Waals surface area contributed by atoms with E-state index in [0.29, 0.717) is 11.1 Å². The van der Waals surface area contributed by atoms with Gasteiger partial charge in [0.2, 0.25) is 0 Å². The molecule has 2 rings (SSSR count). The van der Waals surface area contributed by atoms with Gasteiger partial charge in [0.25, 0.3) is 11.6 Å². The van der Waals surface area contributed by atoms with E-state index in [0.717, 1.165) is 0 Å². The van der Waals surface area contributed by atoms with Crippen LogP contribution in [-0.4, -0.2) is 10.8 Å². The third kappa shape index (κ3) is 3.59. The molecular weight excluding hydrogens is 311 g/mol. The van der Waals surface area contributed by atoms with Crippen LogP contribution in [0.1, 0.15) is 28.9 Å². The lowest BCUT2D eigenvalue weighted by molar-refractivity contribution is -0.384. The molecule has 5 nitrogen and oxygen atoms in total. The van der Waals surface area contributed by atoms with Gasteiger partial charge in [0.15, 0.2) is 0 Å². The van der Waals surface area contributed by atoms with Crippen LogP contribution >= 0.6 is 11.6 Å². The summed E-state index contributed by atoms with van der Waals surface area (Å²) in [4.78, 5) is 22.1. The Labute approximate surface area is 130 Å². The number of hydrogen-bond donors (Lipinski definition) is 1. The van der Waals surface area contributed by atoms with E-state index in [9.17, 15) is 19.3 Å². The van der Waals surface area contributed by atoms with Gasteiger partial charge in [-0.25, -0.2) is 4.39 Å². The summed E-state index contributed by atoms with van der Waals surface area (Å²) in [6.07, 6.45) is 0. The van der Waals surface area contributed by atoms with Crippen LogP contribution in [0.3, 0.4) is 0 Å². The first kappa shape index (κ1) is 15.9. The zero-order valence-corrected chi connectivity index (χ0v) is 12.3.